The molecule has 0 aliphatic heterocycles. The Morgan fingerprint density at radius 2 is 2.47 bits per heavy atom. The van der Waals surface area contributed by atoms with Crippen LogP contribution in [0.1, 0.15) is 31.4 Å². The standard InChI is InChI=1S/C11H19N3S/c12-9-2-1-3-10(6-9)13-5-4-11-7-15-8-14-11/h7-10,13H,1-6,12H2. The van der Waals surface area contributed by atoms with Crippen molar-refractivity contribution in [3.8, 4) is 0 Å². The second kappa shape index (κ2) is 5.58. The van der Waals surface area contributed by atoms with Gasteiger partial charge in [0.25, 0.3) is 0 Å². The molecule has 15 heavy (non-hydrogen) atoms. The van der Waals surface area contributed by atoms with Crippen LogP contribution in [0.15, 0.2) is 10.9 Å². The van der Waals surface area contributed by atoms with E-state index in [1.807, 2.05) is 5.51 Å². The zero-order chi connectivity index (χ0) is 10.5. The minimum atomic E-state index is 0.413. The van der Waals surface area contributed by atoms with E-state index in [9.17, 15) is 0 Å². The van der Waals surface area contributed by atoms with Crippen LogP contribution in [-0.2, 0) is 6.42 Å². The molecule has 1 heterocycles. The molecule has 0 spiro atoms. The Hall–Kier alpha value is -0.450. The average Bonchev–Trinajstić information content (AvgIpc) is 2.71. The van der Waals surface area contributed by atoms with Crippen LogP contribution in [0, 0.1) is 0 Å². The van der Waals surface area contributed by atoms with Crippen molar-refractivity contribution < 1.29 is 0 Å². The summed E-state index contributed by atoms with van der Waals surface area (Å²) in [5, 5.41) is 5.69. The molecule has 3 N–H and O–H groups in total. The van der Waals surface area contributed by atoms with Gasteiger partial charge in [-0.1, -0.05) is 6.42 Å². The van der Waals surface area contributed by atoms with E-state index in [-0.39, 0.29) is 0 Å². The zero-order valence-corrected chi connectivity index (χ0v) is 9.80. The summed E-state index contributed by atoms with van der Waals surface area (Å²) in [5.74, 6) is 0. The maximum atomic E-state index is 5.94. The van der Waals surface area contributed by atoms with Crippen molar-refractivity contribution in [2.45, 2.75) is 44.2 Å². The summed E-state index contributed by atoms with van der Waals surface area (Å²) in [4.78, 5) is 4.27. The highest BCUT2D eigenvalue weighted by atomic mass is 32.1. The molecule has 0 saturated heterocycles. The van der Waals surface area contributed by atoms with E-state index in [1.165, 1.54) is 25.0 Å². The number of rotatable bonds is 4. The molecule has 1 fully saturated rings. The molecular formula is C11H19N3S. The summed E-state index contributed by atoms with van der Waals surface area (Å²) in [6.45, 7) is 1.03. The SMILES string of the molecule is NC1CCCC(NCCc2cscn2)C1. The minimum Gasteiger partial charge on any atom is -0.328 e. The quantitative estimate of drug-likeness (QED) is 0.817. The Morgan fingerprint density at radius 1 is 1.53 bits per heavy atom. The van der Waals surface area contributed by atoms with Crippen LogP contribution in [0.5, 0.6) is 0 Å². The second-order valence-corrected chi connectivity index (χ2v) is 5.03. The van der Waals surface area contributed by atoms with Gasteiger partial charge in [-0.2, -0.15) is 0 Å². The molecule has 0 aromatic carbocycles. The smallest absolute Gasteiger partial charge is 0.0794 e. The molecule has 1 aliphatic rings. The number of hydrogen-bond donors (Lipinski definition) is 2. The molecule has 2 unspecified atom stereocenters. The molecule has 2 rings (SSSR count). The predicted molar refractivity (Wildman–Crippen MR) is 64.1 cm³/mol. The maximum Gasteiger partial charge on any atom is 0.0794 e. The summed E-state index contributed by atoms with van der Waals surface area (Å²) in [6, 6.07) is 1.04. The van der Waals surface area contributed by atoms with Gasteiger partial charge >= 0.3 is 0 Å². The number of nitrogens with two attached hydrogens (primary N) is 1. The van der Waals surface area contributed by atoms with Crippen LogP contribution in [0.2, 0.25) is 0 Å². The van der Waals surface area contributed by atoms with Crippen LogP contribution in [0.3, 0.4) is 0 Å². The number of aromatic nitrogens is 1. The first kappa shape index (κ1) is 11.0. The van der Waals surface area contributed by atoms with Gasteiger partial charge in [-0.05, 0) is 19.3 Å². The van der Waals surface area contributed by atoms with Gasteiger partial charge in [-0.3, -0.25) is 0 Å². The molecule has 1 aliphatic carbocycles. The predicted octanol–water partition coefficient (Wildman–Crippen LogP) is 1.55. The Balaban J connectivity index is 1.65. The van der Waals surface area contributed by atoms with Crippen molar-refractivity contribution in [2.24, 2.45) is 5.73 Å². The van der Waals surface area contributed by atoms with Gasteiger partial charge in [0.05, 0.1) is 11.2 Å². The van der Waals surface area contributed by atoms with Crippen molar-refractivity contribution in [2.75, 3.05) is 6.54 Å². The van der Waals surface area contributed by atoms with Gasteiger partial charge < -0.3 is 11.1 Å². The second-order valence-electron chi connectivity index (χ2n) is 4.31. The van der Waals surface area contributed by atoms with E-state index in [0.29, 0.717) is 12.1 Å². The topological polar surface area (TPSA) is 50.9 Å². The average molecular weight is 225 g/mol. The van der Waals surface area contributed by atoms with Crippen molar-refractivity contribution in [1.82, 2.24) is 10.3 Å². The number of hydrogen-bond acceptors (Lipinski definition) is 4. The Labute approximate surface area is 95.1 Å². The molecule has 3 nitrogen and oxygen atoms in total. The van der Waals surface area contributed by atoms with E-state index in [2.05, 4.69) is 15.7 Å². The van der Waals surface area contributed by atoms with E-state index in [1.54, 1.807) is 11.3 Å². The summed E-state index contributed by atoms with van der Waals surface area (Å²) in [7, 11) is 0. The van der Waals surface area contributed by atoms with Gasteiger partial charge in [0, 0.05) is 30.4 Å². The molecule has 1 saturated carbocycles. The van der Waals surface area contributed by atoms with Gasteiger partial charge in [0.1, 0.15) is 0 Å². The molecule has 0 amide bonds. The number of thiazole rings is 1. The monoisotopic (exact) mass is 225 g/mol. The van der Waals surface area contributed by atoms with Crippen molar-refractivity contribution in [3.63, 3.8) is 0 Å². The lowest BCUT2D eigenvalue weighted by Gasteiger charge is -2.27. The molecule has 0 radical (unpaired) electrons. The van der Waals surface area contributed by atoms with Crippen molar-refractivity contribution in [1.29, 1.82) is 0 Å². The highest BCUT2D eigenvalue weighted by Crippen LogP contribution is 2.16. The van der Waals surface area contributed by atoms with Crippen molar-refractivity contribution in [3.05, 3.63) is 16.6 Å². The minimum absolute atomic E-state index is 0.413. The summed E-state index contributed by atoms with van der Waals surface area (Å²) < 4.78 is 0. The Morgan fingerprint density at radius 3 is 3.20 bits per heavy atom. The number of nitrogens with zero attached hydrogens (tertiary/aromatic N) is 1. The molecule has 4 heteroatoms. The highest BCUT2D eigenvalue weighted by Gasteiger charge is 2.18. The summed E-state index contributed by atoms with van der Waals surface area (Å²) in [6.07, 6.45) is 5.93. The summed E-state index contributed by atoms with van der Waals surface area (Å²) >= 11 is 1.67. The largest absolute Gasteiger partial charge is 0.328 e. The fourth-order valence-electron chi connectivity index (χ4n) is 2.18. The zero-order valence-electron chi connectivity index (χ0n) is 8.98. The first-order valence-electron chi connectivity index (χ1n) is 5.70. The molecule has 2 atom stereocenters. The lowest BCUT2D eigenvalue weighted by atomic mass is 9.91. The third kappa shape index (κ3) is 3.55. The first-order valence-corrected chi connectivity index (χ1v) is 6.65. The van der Waals surface area contributed by atoms with E-state index in [4.69, 9.17) is 5.73 Å². The van der Waals surface area contributed by atoms with Crippen LogP contribution in [0.25, 0.3) is 0 Å². The van der Waals surface area contributed by atoms with Gasteiger partial charge in [0.2, 0.25) is 0 Å². The van der Waals surface area contributed by atoms with Crippen LogP contribution in [-0.4, -0.2) is 23.6 Å². The number of nitrogens with one attached hydrogen (secondary N) is 1. The summed E-state index contributed by atoms with van der Waals surface area (Å²) in [5.41, 5.74) is 9.04. The van der Waals surface area contributed by atoms with Gasteiger partial charge in [-0.15, -0.1) is 11.3 Å². The Kier molecular flexibility index (Phi) is 4.11. The Bertz CT molecular complexity index is 273. The van der Waals surface area contributed by atoms with Gasteiger partial charge in [0.15, 0.2) is 0 Å². The maximum absolute atomic E-state index is 5.94. The van der Waals surface area contributed by atoms with E-state index >= 15 is 0 Å². The third-order valence-corrected chi connectivity index (χ3v) is 3.65. The molecular weight excluding hydrogens is 206 g/mol. The molecule has 84 valence electrons. The van der Waals surface area contributed by atoms with Crippen molar-refractivity contribution >= 4 is 11.3 Å². The molecule has 0 bridgehead atoms. The lowest BCUT2D eigenvalue weighted by Crippen LogP contribution is -2.40. The normalized spacial score (nSPS) is 26.7. The molecule has 1 aromatic heterocycles. The molecule has 1 aromatic rings. The van der Waals surface area contributed by atoms with E-state index < -0.39 is 0 Å². The fourth-order valence-corrected chi connectivity index (χ4v) is 2.77. The van der Waals surface area contributed by atoms with Gasteiger partial charge in [-0.25, -0.2) is 4.98 Å². The first-order chi connectivity index (χ1) is 7.34. The lowest BCUT2D eigenvalue weighted by molar-refractivity contribution is 0.341. The fraction of sp³-hybridized carbons (Fsp3) is 0.727. The van der Waals surface area contributed by atoms with Crippen LogP contribution in [0.4, 0.5) is 0 Å². The highest BCUT2D eigenvalue weighted by molar-refractivity contribution is 7.07. The third-order valence-electron chi connectivity index (χ3n) is 3.01. The van der Waals surface area contributed by atoms with Crippen LogP contribution < -0.4 is 11.1 Å². The van der Waals surface area contributed by atoms with E-state index in [0.717, 1.165) is 19.4 Å². The van der Waals surface area contributed by atoms with Crippen LogP contribution >= 0.6 is 11.3 Å².